The molecule has 3 N–H and O–H groups in total. The Morgan fingerprint density at radius 3 is 2.40 bits per heavy atom. The maximum Gasteiger partial charge on any atom is 0.326 e. The van der Waals surface area contributed by atoms with E-state index in [1.54, 1.807) is 4.90 Å². The second kappa shape index (κ2) is 6.57. The molecule has 0 aromatic carbocycles. The third-order valence-corrected chi connectivity index (χ3v) is 5.00. The molecule has 1 saturated carbocycles. The lowest BCUT2D eigenvalue weighted by atomic mass is 9.80. The third kappa shape index (κ3) is 3.14. The van der Waals surface area contributed by atoms with Crippen LogP contribution in [0.25, 0.3) is 0 Å². The lowest BCUT2D eigenvalue weighted by Gasteiger charge is -2.40. The van der Waals surface area contributed by atoms with Crippen molar-refractivity contribution >= 4 is 11.9 Å². The summed E-state index contributed by atoms with van der Waals surface area (Å²) in [6.07, 6.45) is 5.51. The van der Waals surface area contributed by atoms with Crippen LogP contribution in [0.2, 0.25) is 0 Å². The fourth-order valence-corrected chi connectivity index (χ4v) is 3.69. The molecule has 114 valence electrons. The summed E-state index contributed by atoms with van der Waals surface area (Å²) in [5.74, 6) is -0.217. The number of hydrogen-bond donors (Lipinski definition) is 2. The van der Waals surface area contributed by atoms with Gasteiger partial charge in [-0.15, -0.1) is 0 Å². The number of carboxylic acids is 1. The summed E-state index contributed by atoms with van der Waals surface area (Å²) in [5.41, 5.74) is 5.67. The minimum absolute atomic E-state index is 0.00458. The van der Waals surface area contributed by atoms with E-state index in [4.69, 9.17) is 5.73 Å². The molecule has 1 amide bonds. The number of piperidine rings is 1. The molecule has 2 atom stereocenters. The first kappa shape index (κ1) is 15.3. The molecule has 0 bridgehead atoms. The number of nitrogens with two attached hydrogens (primary N) is 1. The van der Waals surface area contributed by atoms with Crippen LogP contribution >= 0.6 is 0 Å². The highest BCUT2D eigenvalue weighted by molar-refractivity contribution is 5.85. The largest absolute Gasteiger partial charge is 0.480 e. The van der Waals surface area contributed by atoms with E-state index in [1.165, 1.54) is 0 Å². The van der Waals surface area contributed by atoms with E-state index in [2.05, 4.69) is 0 Å². The molecule has 2 unspecified atom stereocenters. The average Bonchev–Trinajstić information content (AvgIpc) is 2.46. The van der Waals surface area contributed by atoms with Crippen molar-refractivity contribution in [2.75, 3.05) is 13.1 Å². The maximum absolute atomic E-state index is 12.6. The monoisotopic (exact) mass is 282 g/mol. The van der Waals surface area contributed by atoms with Crippen molar-refractivity contribution in [3.8, 4) is 0 Å². The Balaban J connectivity index is 2.01. The van der Waals surface area contributed by atoms with Gasteiger partial charge < -0.3 is 15.7 Å². The van der Waals surface area contributed by atoms with Crippen LogP contribution in [0.1, 0.15) is 45.4 Å². The van der Waals surface area contributed by atoms with Crippen molar-refractivity contribution in [1.29, 1.82) is 0 Å². The van der Waals surface area contributed by atoms with Gasteiger partial charge in [-0.05, 0) is 56.9 Å². The SMILES string of the molecule is CC1CCCN(C(=O)C2CCC(CN)CC2)C1C(=O)O. The molecule has 1 aliphatic heterocycles. The van der Waals surface area contributed by atoms with E-state index < -0.39 is 12.0 Å². The standard InChI is InChI=1S/C15H26N2O3/c1-10-3-2-8-17(13(10)15(19)20)14(18)12-6-4-11(9-16)5-7-12/h10-13H,2-9,16H2,1H3,(H,19,20). The van der Waals surface area contributed by atoms with E-state index in [-0.39, 0.29) is 17.7 Å². The van der Waals surface area contributed by atoms with E-state index in [1.807, 2.05) is 6.92 Å². The molecule has 0 spiro atoms. The van der Waals surface area contributed by atoms with Gasteiger partial charge in [0, 0.05) is 12.5 Å². The fourth-order valence-electron chi connectivity index (χ4n) is 3.69. The Hall–Kier alpha value is -1.10. The van der Waals surface area contributed by atoms with Crippen molar-refractivity contribution < 1.29 is 14.7 Å². The van der Waals surface area contributed by atoms with E-state index in [0.29, 0.717) is 19.0 Å². The van der Waals surface area contributed by atoms with E-state index in [0.717, 1.165) is 38.5 Å². The van der Waals surface area contributed by atoms with Crippen LogP contribution in [-0.4, -0.2) is 41.0 Å². The maximum atomic E-state index is 12.6. The first-order chi connectivity index (χ1) is 9.54. The number of amides is 1. The Morgan fingerprint density at radius 1 is 1.20 bits per heavy atom. The number of rotatable bonds is 3. The molecule has 1 heterocycles. The molecule has 0 aromatic heterocycles. The first-order valence-electron chi connectivity index (χ1n) is 7.78. The van der Waals surface area contributed by atoms with Crippen molar-refractivity contribution in [1.82, 2.24) is 4.90 Å². The van der Waals surface area contributed by atoms with Gasteiger partial charge in [0.15, 0.2) is 0 Å². The Kier molecular flexibility index (Phi) is 5.02. The summed E-state index contributed by atoms with van der Waals surface area (Å²) in [7, 11) is 0. The highest BCUT2D eigenvalue weighted by Gasteiger charge is 2.39. The third-order valence-electron chi connectivity index (χ3n) is 5.00. The van der Waals surface area contributed by atoms with Gasteiger partial charge in [0.2, 0.25) is 5.91 Å². The molecular formula is C15H26N2O3. The molecule has 2 fully saturated rings. The molecular weight excluding hydrogens is 256 g/mol. The van der Waals surface area contributed by atoms with Crippen LogP contribution in [-0.2, 0) is 9.59 Å². The van der Waals surface area contributed by atoms with Gasteiger partial charge in [-0.2, -0.15) is 0 Å². The number of carbonyl (C=O) groups excluding carboxylic acids is 1. The number of hydrogen-bond acceptors (Lipinski definition) is 3. The molecule has 20 heavy (non-hydrogen) atoms. The highest BCUT2D eigenvalue weighted by Crippen LogP contribution is 2.32. The van der Waals surface area contributed by atoms with Gasteiger partial charge in [-0.3, -0.25) is 4.79 Å². The Labute approximate surface area is 120 Å². The zero-order valence-electron chi connectivity index (χ0n) is 12.3. The van der Waals surface area contributed by atoms with Gasteiger partial charge in [0.25, 0.3) is 0 Å². The van der Waals surface area contributed by atoms with Crippen LogP contribution in [0.5, 0.6) is 0 Å². The lowest BCUT2D eigenvalue weighted by molar-refractivity contribution is -0.157. The number of nitrogens with zero attached hydrogens (tertiary/aromatic N) is 1. The molecule has 2 rings (SSSR count). The van der Waals surface area contributed by atoms with Crippen molar-refractivity contribution in [3.63, 3.8) is 0 Å². The summed E-state index contributed by atoms with van der Waals surface area (Å²) in [6, 6.07) is -0.636. The van der Waals surface area contributed by atoms with E-state index in [9.17, 15) is 14.7 Å². The number of aliphatic carboxylic acids is 1. The summed E-state index contributed by atoms with van der Waals surface area (Å²) >= 11 is 0. The summed E-state index contributed by atoms with van der Waals surface area (Å²) < 4.78 is 0. The zero-order chi connectivity index (χ0) is 14.7. The van der Waals surface area contributed by atoms with Crippen LogP contribution in [0.3, 0.4) is 0 Å². The van der Waals surface area contributed by atoms with Gasteiger partial charge in [0.1, 0.15) is 6.04 Å². The smallest absolute Gasteiger partial charge is 0.326 e. The summed E-state index contributed by atoms with van der Waals surface area (Å²) in [4.78, 5) is 25.7. The number of carboxylic acid groups (broad SMARTS) is 1. The molecule has 1 aliphatic carbocycles. The van der Waals surface area contributed by atoms with Crippen LogP contribution in [0.15, 0.2) is 0 Å². The van der Waals surface area contributed by atoms with Gasteiger partial charge in [-0.25, -0.2) is 4.79 Å². The number of carbonyl (C=O) groups is 2. The highest BCUT2D eigenvalue weighted by atomic mass is 16.4. The zero-order valence-corrected chi connectivity index (χ0v) is 12.3. The molecule has 5 nitrogen and oxygen atoms in total. The lowest BCUT2D eigenvalue weighted by Crippen LogP contribution is -2.54. The van der Waals surface area contributed by atoms with Crippen molar-refractivity contribution in [2.45, 2.75) is 51.5 Å². The molecule has 0 aromatic rings. The molecule has 0 radical (unpaired) electrons. The minimum Gasteiger partial charge on any atom is -0.480 e. The second-order valence-corrected chi connectivity index (χ2v) is 6.39. The average molecular weight is 282 g/mol. The Morgan fingerprint density at radius 2 is 1.85 bits per heavy atom. The minimum atomic E-state index is -0.860. The Bertz CT molecular complexity index is 364. The summed E-state index contributed by atoms with van der Waals surface area (Å²) in [6.45, 7) is 3.22. The summed E-state index contributed by atoms with van der Waals surface area (Å²) in [5, 5.41) is 9.40. The van der Waals surface area contributed by atoms with Crippen LogP contribution in [0, 0.1) is 17.8 Å². The molecule has 5 heteroatoms. The topological polar surface area (TPSA) is 83.6 Å². The normalized spacial score (nSPS) is 34.8. The van der Waals surface area contributed by atoms with Crippen molar-refractivity contribution in [3.05, 3.63) is 0 Å². The first-order valence-corrected chi connectivity index (χ1v) is 7.78. The van der Waals surface area contributed by atoms with E-state index >= 15 is 0 Å². The molecule has 1 saturated heterocycles. The van der Waals surface area contributed by atoms with Gasteiger partial charge in [0.05, 0.1) is 0 Å². The number of likely N-dealkylation sites (tertiary alicyclic amines) is 1. The van der Waals surface area contributed by atoms with Crippen LogP contribution < -0.4 is 5.73 Å². The second-order valence-electron chi connectivity index (χ2n) is 6.39. The van der Waals surface area contributed by atoms with Crippen LogP contribution in [0.4, 0.5) is 0 Å². The van der Waals surface area contributed by atoms with Gasteiger partial charge >= 0.3 is 5.97 Å². The predicted molar refractivity (Wildman–Crippen MR) is 76.0 cm³/mol. The predicted octanol–water partition coefficient (Wildman–Crippen LogP) is 1.46. The van der Waals surface area contributed by atoms with Gasteiger partial charge in [-0.1, -0.05) is 6.92 Å². The van der Waals surface area contributed by atoms with Crippen molar-refractivity contribution in [2.24, 2.45) is 23.5 Å². The molecule has 2 aliphatic rings. The quantitative estimate of drug-likeness (QED) is 0.821. The fraction of sp³-hybridized carbons (Fsp3) is 0.867.